The molecule has 0 radical (unpaired) electrons. The Morgan fingerprint density at radius 1 is 1.05 bits per heavy atom. The van der Waals surface area contributed by atoms with Crippen LogP contribution in [0, 0.1) is 0 Å². The molecule has 0 bridgehead atoms. The molecule has 1 amide bonds. The fourth-order valence-electron chi connectivity index (χ4n) is 1.99. The predicted octanol–water partition coefficient (Wildman–Crippen LogP) is 3.39. The second-order valence-corrected chi connectivity index (χ2v) is 5.37. The van der Waals surface area contributed by atoms with Crippen molar-refractivity contribution < 1.29 is 14.7 Å². The number of rotatable bonds is 5. The van der Waals surface area contributed by atoms with Crippen LogP contribution in [0.15, 0.2) is 59.1 Å². The largest absolute Gasteiger partial charge is 0.481 e. The Morgan fingerprint density at radius 2 is 1.67 bits per heavy atom. The van der Waals surface area contributed by atoms with Crippen molar-refractivity contribution in [3.05, 3.63) is 70.2 Å². The van der Waals surface area contributed by atoms with Gasteiger partial charge in [0.05, 0.1) is 18.0 Å². The fourth-order valence-corrected chi connectivity index (χ4v) is 2.46. The number of amides is 1. The quantitative estimate of drug-likeness (QED) is 0.870. The Morgan fingerprint density at radius 3 is 2.29 bits per heavy atom. The number of hydrogen-bond donors (Lipinski definition) is 2. The maximum absolute atomic E-state index is 12.3. The molecule has 2 rings (SSSR count). The van der Waals surface area contributed by atoms with Crippen molar-refractivity contribution in [3.8, 4) is 0 Å². The third-order valence-electron chi connectivity index (χ3n) is 3.00. The lowest BCUT2D eigenvalue weighted by Crippen LogP contribution is -2.30. The molecule has 21 heavy (non-hydrogen) atoms. The highest BCUT2D eigenvalue weighted by Crippen LogP contribution is 2.20. The Balaban J connectivity index is 2.21. The third kappa shape index (κ3) is 4.16. The fraction of sp³-hybridized carbons (Fsp3) is 0.125. The molecule has 0 spiro atoms. The highest BCUT2D eigenvalue weighted by atomic mass is 79.9. The number of carbonyl (C=O) groups is 2. The van der Waals surface area contributed by atoms with Crippen molar-refractivity contribution in [1.29, 1.82) is 0 Å². The van der Waals surface area contributed by atoms with Crippen LogP contribution in [0.2, 0.25) is 0 Å². The second kappa shape index (κ2) is 7.04. The van der Waals surface area contributed by atoms with E-state index in [1.807, 2.05) is 24.3 Å². The van der Waals surface area contributed by atoms with E-state index in [1.165, 1.54) is 0 Å². The summed E-state index contributed by atoms with van der Waals surface area (Å²) in [5.41, 5.74) is 1.24. The minimum atomic E-state index is -0.962. The van der Waals surface area contributed by atoms with E-state index in [0.29, 0.717) is 10.0 Å². The van der Waals surface area contributed by atoms with E-state index < -0.39 is 12.0 Å². The summed E-state index contributed by atoms with van der Waals surface area (Å²) in [7, 11) is 0. The highest BCUT2D eigenvalue weighted by Gasteiger charge is 2.19. The maximum Gasteiger partial charge on any atom is 0.305 e. The molecule has 0 saturated heterocycles. The van der Waals surface area contributed by atoms with Crippen molar-refractivity contribution in [1.82, 2.24) is 5.32 Å². The lowest BCUT2D eigenvalue weighted by Gasteiger charge is -2.18. The van der Waals surface area contributed by atoms with Crippen molar-refractivity contribution >= 4 is 27.8 Å². The molecule has 0 aliphatic carbocycles. The highest BCUT2D eigenvalue weighted by molar-refractivity contribution is 9.10. The summed E-state index contributed by atoms with van der Waals surface area (Å²) in [6.45, 7) is 0. The van der Waals surface area contributed by atoms with Crippen LogP contribution < -0.4 is 5.32 Å². The van der Waals surface area contributed by atoms with Crippen molar-refractivity contribution in [2.75, 3.05) is 0 Å². The van der Waals surface area contributed by atoms with Gasteiger partial charge in [-0.15, -0.1) is 0 Å². The number of nitrogens with one attached hydrogen (secondary N) is 1. The number of hydrogen-bond acceptors (Lipinski definition) is 2. The molecule has 1 atom stereocenters. The summed E-state index contributed by atoms with van der Waals surface area (Å²) >= 11 is 3.32. The van der Waals surface area contributed by atoms with E-state index in [9.17, 15) is 9.59 Å². The van der Waals surface area contributed by atoms with Gasteiger partial charge in [0.25, 0.3) is 5.91 Å². The second-order valence-electron chi connectivity index (χ2n) is 4.51. The van der Waals surface area contributed by atoms with Gasteiger partial charge in [-0.05, 0) is 33.6 Å². The van der Waals surface area contributed by atoms with Crippen LogP contribution in [-0.2, 0) is 4.79 Å². The van der Waals surface area contributed by atoms with Crippen LogP contribution in [0.3, 0.4) is 0 Å². The zero-order valence-corrected chi connectivity index (χ0v) is 12.7. The van der Waals surface area contributed by atoms with Gasteiger partial charge in [-0.3, -0.25) is 9.59 Å². The van der Waals surface area contributed by atoms with Gasteiger partial charge in [0.2, 0.25) is 0 Å². The Kier molecular flexibility index (Phi) is 5.11. The van der Waals surface area contributed by atoms with Crippen molar-refractivity contribution in [2.24, 2.45) is 0 Å². The van der Waals surface area contributed by atoms with Gasteiger partial charge in [0.15, 0.2) is 0 Å². The van der Waals surface area contributed by atoms with Crippen molar-refractivity contribution in [3.63, 3.8) is 0 Å². The van der Waals surface area contributed by atoms with Crippen molar-refractivity contribution in [2.45, 2.75) is 12.5 Å². The molecule has 4 nitrogen and oxygen atoms in total. The van der Waals surface area contributed by atoms with Gasteiger partial charge < -0.3 is 10.4 Å². The molecule has 2 N–H and O–H groups in total. The smallest absolute Gasteiger partial charge is 0.305 e. The zero-order chi connectivity index (χ0) is 15.2. The third-order valence-corrected chi connectivity index (χ3v) is 3.70. The Hall–Kier alpha value is -2.14. The average molecular weight is 348 g/mol. The van der Waals surface area contributed by atoms with Gasteiger partial charge in [-0.1, -0.05) is 42.5 Å². The van der Waals surface area contributed by atoms with Gasteiger partial charge in [-0.2, -0.15) is 0 Å². The average Bonchev–Trinajstić information content (AvgIpc) is 2.47. The first-order valence-corrected chi connectivity index (χ1v) is 7.19. The molecule has 1 unspecified atom stereocenters. The van der Waals surface area contributed by atoms with Crippen LogP contribution in [0.25, 0.3) is 0 Å². The van der Waals surface area contributed by atoms with Gasteiger partial charge in [0, 0.05) is 4.47 Å². The Bertz CT molecular complexity index is 643. The summed E-state index contributed by atoms with van der Waals surface area (Å²) in [6, 6.07) is 15.5. The summed E-state index contributed by atoms with van der Waals surface area (Å²) in [5, 5.41) is 11.8. The zero-order valence-electron chi connectivity index (χ0n) is 11.1. The topological polar surface area (TPSA) is 66.4 Å². The number of benzene rings is 2. The van der Waals surface area contributed by atoms with E-state index in [4.69, 9.17) is 5.11 Å². The lowest BCUT2D eigenvalue weighted by molar-refractivity contribution is -0.137. The van der Waals surface area contributed by atoms with E-state index in [0.717, 1.165) is 5.56 Å². The van der Waals surface area contributed by atoms with Crippen LogP contribution >= 0.6 is 15.9 Å². The van der Waals surface area contributed by atoms with E-state index in [2.05, 4.69) is 21.2 Å². The predicted molar refractivity (Wildman–Crippen MR) is 83.0 cm³/mol. The molecule has 108 valence electrons. The molecule has 2 aromatic carbocycles. The molecular weight excluding hydrogens is 334 g/mol. The van der Waals surface area contributed by atoms with E-state index in [1.54, 1.807) is 30.3 Å². The number of carboxylic acids is 1. The van der Waals surface area contributed by atoms with E-state index >= 15 is 0 Å². The molecule has 2 aromatic rings. The van der Waals surface area contributed by atoms with Gasteiger partial charge in [-0.25, -0.2) is 0 Å². The normalized spacial score (nSPS) is 11.7. The number of carboxylic acid groups (broad SMARTS) is 1. The first-order valence-electron chi connectivity index (χ1n) is 6.40. The monoisotopic (exact) mass is 347 g/mol. The minimum Gasteiger partial charge on any atom is -0.481 e. The Labute approximate surface area is 130 Å². The van der Waals surface area contributed by atoms with Gasteiger partial charge >= 0.3 is 5.97 Å². The minimum absolute atomic E-state index is 0.166. The van der Waals surface area contributed by atoms with Crippen LogP contribution in [0.1, 0.15) is 28.4 Å². The number of aliphatic carboxylic acids is 1. The molecule has 0 fully saturated rings. The number of halogens is 1. The summed E-state index contributed by atoms with van der Waals surface area (Å²) in [6.07, 6.45) is -0.166. The first kappa shape index (κ1) is 15.3. The summed E-state index contributed by atoms with van der Waals surface area (Å²) < 4.78 is 0.671. The molecule has 0 saturated carbocycles. The molecular formula is C16H14BrNO3. The van der Waals surface area contributed by atoms with E-state index in [-0.39, 0.29) is 12.3 Å². The molecule has 5 heteroatoms. The maximum atomic E-state index is 12.3. The standard InChI is InChI=1S/C16H14BrNO3/c17-13-9-5-4-8-12(13)16(21)18-14(10-15(19)20)11-6-2-1-3-7-11/h1-9,14H,10H2,(H,18,21)(H,19,20). The molecule has 0 aliphatic heterocycles. The SMILES string of the molecule is O=C(O)CC(NC(=O)c1ccccc1Br)c1ccccc1. The van der Waals surface area contributed by atoms with Crippen LogP contribution in [-0.4, -0.2) is 17.0 Å². The molecule has 0 aromatic heterocycles. The first-order chi connectivity index (χ1) is 10.1. The molecule has 0 heterocycles. The summed E-state index contributed by atoms with van der Waals surface area (Å²) in [5.74, 6) is -1.27. The van der Waals surface area contributed by atoms with Crippen LogP contribution in [0.4, 0.5) is 0 Å². The van der Waals surface area contributed by atoms with Gasteiger partial charge in [0.1, 0.15) is 0 Å². The number of carbonyl (C=O) groups excluding carboxylic acids is 1. The molecule has 0 aliphatic rings. The lowest BCUT2D eigenvalue weighted by atomic mass is 10.0. The van der Waals surface area contributed by atoms with Crippen LogP contribution in [0.5, 0.6) is 0 Å². The summed E-state index contributed by atoms with van der Waals surface area (Å²) in [4.78, 5) is 23.3.